The van der Waals surface area contributed by atoms with Gasteiger partial charge < -0.3 is 10.2 Å². The van der Waals surface area contributed by atoms with E-state index in [-0.39, 0.29) is 5.91 Å². The largest absolute Gasteiger partial charge is 0.363 e. The van der Waals surface area contributed by atoms with Crippen molar-refractivity contribution in [2.45, 2.75) is 25.3 Å². The zero-order chi connectivity index (χ0) is 13.2. The molecule has 104 valence electrons. The molecule has 1 amide bonds. The molecule has 2 aliphatic heterocycles. The normalized spacial score (nSPS) is 24.1. The molecule has 0 bridgehead atoms. The van der Waals surface area contributed by atoms with E-state index in [2.05, 4.69) is 20.4 Å². The quantitative estimate of drug-likeness (QED) is 0.872. The second-order valence-corrected chi connectivity index (χ2v) is 6.08. The molecular weight excluding hydrogens is 262 g/mol. The van der Waals surface area contributed by atoms with E-state index < -0.39 is 0 Å². The van der Waals surface area contributed by atoms with Gasteiger partial charge in [-0.2, -0.15) is 0 Å². The maximum atomic E-state index is 12.4. The lowest BCUT2D eigenvalue weighted by molar-refractivity contribution is 0.0371. The zero-order valence-corrected chi connectivity index (χ0v) is 11.9. The summed E-state index contributed by atoms with van der Waals surface area (Å²) in [5.74, 6) is 0.0317. The number of aromatic nitrogens is 2. The van der Waals surface area contributed by atoms with Crippen molar-refractivity contribution in [1.29, 1.82) is 0 Å². The standard InChI is InChI=1S/C12H19N5OS/c1-13-12-15-14-10(19-12)11(18)17-7-6-16-5-3-2-4-9(16)8-17/h9H,2-8H2,1H3,(H,13,15). The number of rotatable bonds is 2. The number of amides is 1. The van der Waals surface area contributed by atoms with Gasteiger partial charge in [0, 0.05) is 32.7 Å². The SMILES string of the molecule is CNc1nnc(C(=O)N2CCN3CCCCC3C2)s1. The highest BCUT2D eigenvalue weighted by Crippen LogP contribution is 2.23. The van der Waals surface area contributed by atoms with Gasteiger partial charge in [-0.05, 0) is 19.4 Å². The summed E-state index contributed by atoms with van der Waals surface area (Å²) < 4.78 is 0. The summed E-state index contributed by atoms with van der Waals surface area (Å²) in [4.78, 5) is 16.8. The first-order valence-corrected chi connectivity index (χ1v) is 7.64. The minimum atomic E-state index is 0.0317. The summed E-state index contributed by atoms with van der Waals surface area (Å²) in [5, 5.41) is 12.0. The van der Waals surface area contributed by atoms with Crippen LogP contribution in [-0.4, -0.2) is 65.2 Å². The van der Waals surface area contributed by atoms with Gasteiger partial charge in [-0.15, -0.1) is 10.2 Å². The predicted molar refractivity (Wildman–Crippen MR) is 74.6 cm³/mol. The van der Waals surface area contributed by atoms with Crippen LogP contribution >= 0.6 is 11.3 Å². The third-order valence-corrected chi connectivity index (χ3v) is 4.88. The molecule has 0 spiro atoms. The molecule has 0 aromatic carbocycles. The van der Waals surface area contributed by atoms with Gasteiger partial charge in [0.2, 0.25) is 10.1 Å². The Labute approximate surface area is 116 Å². The van der Waals surface area contributed by atoms with Crippen LogP contribution in [0.5, 0.6) is 0 Å². The van der Waals surface area contributed by atoms with Gasteiger partial charge in [-0.3, -0.25) is 9.69 Å². The Morgan fingerprint density at radius 2 is 2.21 bits per heavy atom. The van der Waals surface area contributed by atoms with E-state index in [1.165, 1.54) is 37.1 Å². The van der Waals surface area contributed by atoms with Crippen LogP contribution in [0.1, 0.15) is 29.1 Å². The lowest BCUT2D eigenvalue weighted by Crippen LogP contribution is -2.56. The van der Waals surface area contributed by atoms with Crippen molar-refractivity contribution >= 4 is 22.4 Å². The van der Waals surface area contributed by atoms with Gasteiger partial charge in [-0.1, -0.05) is 17.8 Å². The lowest BCUT2D eigenvalue weighted by atomic mass is 9.99. The van der Waals surface area contributed by atoms with Gasteiger partial charge in [0.25, 0.3) is 5.91 Å². The Kier molecular flexibility index (Phi) is 3.65. The summed E-state index contributed by atoms with van der Waals surface area (Å²) in [6, 6.07) is 0.545. The molecule has 2 aliphatic rings. The minimum absolute atomic E-state index is 0.0317. The Hall–Kier alpha value is -1.21. The molecule has 0 saturated carbocycles. The second kappa shape index (κ2) is 5.42. The number of piperidine rings is 1. The Bertz CT molecular complexity index is 463. The molecule has 1 N–H and O–H groups in total. The highest BCUT2D eigenvalue weighted by molar-refractivity contribution is 7.17. The van der Waals surface area contributed by atoms with Crippen LogP contribution in [0.25, 0.3) is 0 Å². The van der Waals surface area contributed by atoms with Crippen LogP contribution in [-0.2, 0) is 0 Å². The monoisotopic (exact) mass is 281 g/mol. The number of carbonyl (C=O) groups excluding carboxylic acids is 1. The molecule has 1 atom stereocenters. The van der Waals surface area contributed by atoms with E-state index in [1.807, 2.05) is 4.90 Å². The fraction of sp³-hybridized carbons (Fsp3) is 0.750. The fourth-order valence-corrected chi connectivity index (χ4v) is 3.55. The Balaban J connectivity index is 1.67. The van der Waals surface area contributed by atoms with Crippen LogP contribution in [0.4, 0.5) is 5.13 Å². The summed E-state index contributed by atoms with van der Waals surface area (Å²) in [6.45, 7) is 3.83. The van der Waals surface area contributed by atoms with Crippen molar-refractivity contribution in [3.05, 3.63) is 5.01 Å². The average molecular weight is 281 g/mol. The Morgan fingerprint density at radius 1 is 1.32 bits per heavy atom. The first-order chi connectivity index (χ1) is 9.28. The first kappa shape index (κ1) is 12.8. The number of nitrogens with one attached hydrogen (secondary N) is 1. The smallest absolute Gasteiger partial charge is 0.285 e. The number of hydrogen-bond acceptors (Lipinski definition) is 6. The number of anilines is 1. The van der Waals surface area contributed by atoms with Gasteiger partial charge in [0.05, 0.1) is 0 Å². The van der Waals surface area contributed by atoms with Gasteiger partial charge in [0.15, 0.2) is 0 Å². The van der Waals surface area contributed by atoms with Crippen LogP contribution < -0.4 is 5.32 Å². The van der Waals surface area contributed by atoms with Gasteiger partial charge in [0.1, 0.15) is 0 Å². The van der Waals surface area contributed by atoms with E-state index in [0.717, 1.165) is 19.6 Å². The van der Waals surface area contributed by atoms with E-state index in [4.69, 9.17) is 0 Å². The minimum Gasteiger partial charge on any atom is -0.363 e. The molecule has 6 nitrogen and oxygen atoms in total. The predicted octanol–water partition coefficient (Wildman–Crippen LogP) is 0.890. The van der Waals surface area contributed by atoms with Crippen molar-refractivity contribution in [3.8, 4) is 0 Å². The highest BCUT2D eigenvalue weighted by atomic mass is 32.1. The van der Waals surface area contributed by atoms with Crippen LogP contribution in [0.2, 0.25) is 0 Å². The third kappa shape index (κ3) is 2.57. The van der Waals surface area contributed by atoms with Crippen molar-refractivity contribution in [2.75, 3.05) is 38.5 Å². The molecule has 3 rings (SSSR count). The van der Waals surface area contributed by atoms with Crippen LogP contribution in [0, 0.1) is 0 Å². The van der Waals surface area contributed by atoms with Crippen molar-refractivity contribution < 1.29 is 4.79 Å². The van der Waals surface area contributed by atoms with Gasteiger partial charge >= 0.3 is 0 Å². The molecule has 7 heteroatoms. The van der Waals surface area contributed by atoms with Crippen LogP contribution in [0.3, 0.4) is 0 Å². The average Bonchev–Trinajstić information content (AvgIpc) is 2.95. The molecule has 1 aromatic rings. The maximum absolute atomic E-state index is 12.4. The molecule has 1 aromatic heterocycles. The number of fused-ring (bicyclic) bond motifs is 1. The number of nitrogens with zero attached hydrogens (tertiary/aromatic N) is 4. The Morgan fingerprint density at radius 3 is 3.00 bits per heavy atom. The summed E-state index contributed by atoms with van der Waals surface area (Å²) in [5.41, 5.74) is 0. The summed E-state index contributed by atoms with van der Waals surface area (Å²) in [6.07, 6.45) is 3.79. The molecule has 0 aliphatic carbocycles. The molecule has 2 saturated heterocycles. The molecule has 0 radical (unpaired) electrons. The first-order valence-electron chi connectivity index (χ1n) is 6.82. The summed E-state index contributed by atoms with van der Waals surface area (Å²) >= 11 is 1.33. The molecular formula is C12H19N5OS. The third-order valence-electron chi connectivity index (χ3n) is 3.95. The second-order valence-electron chi connectivity index (χ2n) is 5.10. The fourth-order valence-electron chi connectivity index (χ4n) is 2.89. The van der Waals surface area contributed by atoms with Gasteiger partial charge in [-0.25, -0.2) is 0 Å². The zero-order valence-electron chi connectivity index (χ0n) is 11.1. The number of hydrogen-bond donors (Lipinski definition) is 1. The van der Waals surface area contributed by atoms with E-state index in [1.54, 1.807) is 7.05 Å². The van der Waals surface area contributed by atoms with E-state index in [0.29, 0.717) is 16.2 Å². The molecule has 1 unspecified atom stereocenters. The summed E-state index contributed by atoms with van der Waals surface area (Å²) in [7, 11) is 1.79. The topological polar surface area (TPSA) is 61.4 Å². The molecule has 19 heavy (non-hydrogen) atoms. The van der Waals surface area contributed by atoms with E-state index >= 15 is 0 Å². The van der Waals surface area contributed by atoms with Crippen molar-refractivity contribution in [1.82, 2.24) is 20.0 Å². The number of piperazine rings is 1. The van der Waals surface area contributed by atoms with Crippen molar-refractivity contribution in [3.63, 3.8) is 0 Å². The molecule has 2 fully saturated rings. The van der Waals surface area contributed by atoms with Crippen LogP contribution in [0.15, 0.2) is 0 Å². The number of carbonyl (C=O) groups is 1. The maximum Gasteiger partial charge on any atom is 0.285 e. The molecule has 3 heterocycles. The lowest BCUT2D eigenvalue weighted by Gasteiger charge is -2.43. The van der Waals surface area contributed by atoms with Crippen molar-refractivity contribution in [2.24, 2.45) is 0 Å². The van der Waals surface area contributed by atoms with E-state index in [9.17, 15) is 4.79 Å². The highest BCUT2D eigenvalue weighted by Gasteiger charge is 2.32.